The number of imidazole rings is 1. The number of hydrogen-bond acceptors (Lipinski definition) is 2. The van der Waals surface area contributed by atoms with E-state index in [0.29, 0.717) is 6.54 Å². The summed E-state index contributed by atoms with van der Waals surface area (Å²) in [6.45, 7) is 2.83. The molecule has 80 valence electrons. The SMILES string of the molecule is CCc1nc2ccc(CCN)cc2n1C. The van der Waals surface area contributed by atoms with E-state index in [1.54, 1.807) is 0 Å². The summed E-state index contributed by atoms with van der Waals surface area (Å²) in [6, 6.07) is 6.38. The van der Waals surface area contributed by atoms with Crippen LogP contribution in [0.5, 0.6) is 0 Å². The van der Waals surface area contributed by atoms with Crippen LogP contribution in [0.3, 0.4) is 0 Å². The van der Waals surface area contributed by atoms with Crippen molar-refractivity contribution in [2.75, 3.05) is 6.54 Å². The number of aryl methyl sites for hydroxylation is 2. The number of nitrogens with two attached hydrogens (primary N) is 1. The Labute approximate surface area is 89.9 Å². The van der Waals surface area contributed by atoms with Crippen molar-refractivity contribution in [3.63, 3.8) is 0 Å². The highest BCUT2D eigenvalue weighted by molar-refractivity contribution is 5.76. The fraction of sp³-hybridized carbons (Fsp3) is 0.417. The minimum Gasteiger partial charge on any atom is -0.331 e. The Balaban J connectivity index is 2.54. The zero-order valence-electron chi connectivity index (χ0n) is 9.33. The lowest BCUT2D eigenvalue weighted by Gasteiger charge is -2.01. The van der Waals surface area contributed by atoms with E-state index < -0.39 is 0 Å². The summed E-state index contributed by atoms with van der Waals surface area (Å²) in [4.78, 5) is 4.56. The van der Waals surface area contributed by atoms with Gasteiger partial charge in [-0.1, -0.05) is 13.0 Å². The average molecular weight is 203 g/mol. The first-order valence-corrected chi connectivity index (χ1v) is 5.40. The molecule has 2 N–H and O–H groups in total. The van der Waals surface area contributed by atoms with Gasteiger partial charge >= 0.3 is 0 Å². The third-order valence-electron chi connectivity index (χ3n) is 2.79. The summed E-state index contributed by atoms with van der Waals surface area (Å²) in [6.07, 6.45) is 1.90. The van der Waals surface area contributed by atoms with Crippen LogP contribution in [0, 0.1) is 0 Å². The Morgan fingerprint density at radius 1 is 1.40 bits per heavy atom. The highest BCUT2D eigenvalue weighted by atomic mass is 15.1. The molecule has 0 saturated heterocycles. The van der Waals surface area contributed by atoms with E-state index in [9.17, 15) is 0 Å². The number of hydrogen-bond donors (Lipinski definition) is 1. The highest BCUT2D eigenvalue weighted by Gasteiger charge is 2.05. The molecular formula is C12H17N3. The predicted octanol–water partition coefficient (Wildman–Crippen LogP) is 1.64. The third kappa shape index (κ3) is 1.75. The predicted molar refractivity (Wildman–Crippen MR) is 62.9 cm³/mol. The van der Waals surface area contributed by atoms with E-state index in [1.807, 2.05) is 0 Å². The smallest absolute Gasteiger partial charge is 0.109 e. The van der Waals surface area contributed by atoms with Crippen molar-refractivity contribution in [1.82, 2.24) is 9.55 Å². The standard InChI is InChI=1S/C12H17N3/c1-3-12-14-10-5-4-9(6-7-13)8-11(10)15(12)2/h4-5,8H,3,6-7,13H2,1-2H3. The average Bonchev–Trinajstić information content (AvgIpc) is 2.56. The maximum atomic E-state index is 5.55. The van der Waals surface area contributed by atoms with Gasteiger partial charge in [0.2, 0.25) is 0 Å². The molecule has 0 saturated carbocycles. The largest absolute Gasteiger partial charge is 0.331 e. The summed E-state index contributed by atoms with van der Waals surface area (Å²) in [5, 5.41) is 0. The molecule has 1 aromatic carbocycles. The Morgan fingerprint density at radius 3 is 2.87 bits per heavy atom. The molecule has 3 heteroatoms. The van der Waals surface area contributed by atoms with Crippen LogP contribution < -0.4 is 5.73 Å². The van der Waals surface area contributed by atoms with Gasteiger partial charge in [0.05, 0.1) is 11.0 Å². The van der Waals surface area contributed by atoms with Crippen molar-refractivity contribution in [1.29, 1.82) is 0 Å². The fourth-order valence-electron chi connectivity index (χ4n) is 1.92. The first-order valence-electron chi connectivity index (χ1n) is 5.40. The molecule has 0 unspecified atom stereocenters. The minimum atomic E-state index is 0.698. The third-order valence-corrected chi connectivity index (χ3v) is 2.79. The van der Waals surface area contributed by atoms with Gasteiger partial charge in [-0.25, -0.2) is 4.98 Å². The van der Waals surface area contributed by atoms with Crippen LogP contribution in [0.2, 0.25) is 0 Å². The molecule has 1 heterocycles. The molecule has 0 aliphatic heterocycles. The molecule has 0 fully saturated rings. The summed E-state index contributed by atoms with van der Waals surface area (Å²) in [7, 11) is 2.07. The van der Waals surface area contributed by atoms with Crippen molar-refractivity contribution < 1.29 is 0 Å². The van der Waals surface area contributed by atoms with Crippen molar-refractivity contribution in [2.45, 2.75) is 19.8 Å². The van der Waals surface area contributed by atoms with Crippen molar-refractivity contribution in [3.8, 4) is 0 Å². The molecule has 2 aromatic rings. The first kappa shape index (κ1) is 10.2. The zero-order chi connectivity index (χ0) is 10.8. The lowest BCUT2D eigenvalue weighted by molar-refractivity contribution is 0.828. The molecule has 2 rings (SSSR count). The van der Waals surface area contributed by atoms with Gasteiger partial charge in [-0.15, -0.1) is 0 Å². The van der Waals surface area contributed by atoms with E-state index in [4.69, 9.17) is 5.73 Å². The van der Waals surface area contributed by atoms with Gasteiger partial charge in [-0.3, -0.25) is 0 Å². The van der Waals surface area contributed by atoms with E-state index in [2.05, 4.69) is 41.7 Å². The van der Waals surface area contributed by atoms with Gasteiger partial charge in [0.1, 0.15) is 5.82 Å². The molecule has 0 aliphatic carbocycles. The fourth-order valence-corrected chi connectivity index (χ4v) is 1.92. The Morgan fingerprint density at radius 2 is 2.20 bits per heavy atom. The molecule has 0 aliphatic rings. The van der Waals surface area contributed by atoms with Crippen LogP contribution in [0.4, 0.5) is 0 Å². The summed E-state index contributed by atoms with van der Waals surface area (Å²) < 4.78 is 2.16. The summed E-state index contributed by atoms with van der Waals surface area (Å²) in [5.74, 6) is 1.13. The quantitative estimate of drug-likeness (QED) is 0.824. The van der Waals surface area contributed by atoms with E-state index in [1.165, 1.54) is 11.1 Å². The lowest BCUT2D eigenvalue weighted by Crippen LogP contribution is -2.02. The maximum Gasteiger partial charge on any atom is 0.109 e. The normalized spacial score (nSPS) is 11.1. The van der Waals surface area contributed by atoms with E-state index >= 15 is 0 Å². The molecule has 15 heavy (non-hydrogen) atoms. The maximum absolute atomic E-state index is 5.55. The number of nitrogens with zero attached hydrogens (tertiary/aromatic N) is 2. The molecule has 3 nitrogen and oxygen atoms in total. The second-order valence-corrected chi connectivity index (χ2v) is 3.80. The van der Waals surface area contributed by atoms with Gasteiger partial charge in [0.25, 0.3) is 0 Å². The molecule has 0 bridgehead atoms. The van der Waals surface area contributed by atoms with Crippen LogP contribution >= 0.6 is 0 Å². The van der Waals surface area contributed by atoms with Crippen LogP contribution in [0.25, 0.3) is 11.0 Å². The van der Waals surface area contributed by atoms with Crippen molar-refractivity contribution in [2.24, 2.45) is 12.8 Å². The Kier molecular flexibility index (Phi) is 2.73. The molecule has 1 aromatic heterocycles. The van der Waals surface area contributed by atoms with Gasteiger partial charge in [-0.2, -0.15) is 0 Å². The monoisotopic (exact) mass is 203 g/mol. The van der Waals surface area contributed by atoms with Gasteiger partial charge in [0, 0.05) is 13.5 Å². The topological polar surface area (TPSA) is 43.8 Å². The summed E-state index contributed by atoms with van der Waals surface area (Å²) in [5.41, 5.74) is 9.12. The van der Waals surface area contributed by atoms with Crippen LogP contribution in [-0.4, -0.2) is 16.1 Å². The van der Waals surface area contributed by atoms with Gasteiger partial charge < -0.3 is 10.3 Å². The van der Waals surface area contributed by atoms with E-state index in [-0.39, 0.29) is 0 Å². The first-order chi connectivity index (χ1) is 7.26. The number of benzene rings is 1. The number of aromatic nitrogens is 2. The van der Waals surface area contributed by atoms with Crippen LogP contribution in [-0.2, 0) is 19.9 Å². The molecule has 0 spiro atoms. The second-order valence-electron chi connectivity index (χ2n) is 3.80. The highest BCUT2D eigenvalue weighted by Crippen LogP contribution is 2.17. The van der Waals surface area contributed by atoms with Crippen molar-refractivity contribution >= 4 is 11.0 Å². The lowest BCUT2D eigenvalue weighted by atomic mass is 10.1. The molecule has 0 amide bonds. The summed E-state index contributed by atoms with van der Waals surface area (Å²) >= 11 is 0. The van der Waals surface area contributed by atoms with Gasteiger partial charge in [-0.05, 0) is 30.7 Å². The van der Waals surface area contributed by atoms with Crippen molar-refractivity contribution in [3.05, 3.63) is 29.6 Å². The number of fused-ring (bicyclic) bond motifs is 1. The van der Waals surface area contributed by atoms with Gasteiger partial charge in [0.15, 0.2) is 0 Å². The Bertz CT molecular complexity index is 471. The Hall–Kier alpha value is -1.35. The van der Waals surface area contributed by atoms with Crippen LogP contribution in [0.1, 0.15) is 18.3 Å². The molecule has 0 atom stereocenters. The van der Waals surface area contributed by atoms with Crippen LogP contribution in [0.15, 0.2) is 18.2 Å². The molecule has 0 radical (unpaired) electrons. The zero-order valence-corrected chi connectivity index (χ0v) is 9.33. The molecular weight excluding hydrogens is 186 g/mol. The number of rotatable bonds is 3. The van der Waals surface area contributed by atoms with E-state index in [0.717, 1.165) is 24.2 Å². The second kappa shape index (κ2) is 4.03. The minimum absolute atomic E-state index is 0.698.